The van der Waals surface area contributed by atoms with Crippen molar-refractivity contribution in [1.82, 2.24) is 5.32 Å². The molecule has 3 nitrogen and oxygen atoms in total. The largest absolute Gasteiger partial charge is 0.464 e. The fourth-order valence-corrected chi connectivity index (χ4v) is 2.86. The summed E-state index contributed by atoms with van der Waals surface area (Å²) in [4.78, 5) is 0. The molecular weight excluding hydrogens is 282 g/mol. The molecule has 2 heterocycles. The van der Waals surface area contributed by atoms with Crippen LogP contribution in [-0.4, -0.2) is 19.4 Å². The molecule has 2 aliphatic heterocycles. The van der Waals surface area contributed by atoms with E-state index >= 15 is 0 Å². The highest BCUT2D eigenvalue weighted by molar-refractivity contribution is 9.10. The van der Waals surface area contributed by atoms with Crippen molar-refractivity contribution in [2.75, 3.05) is 13.1 Å². The molecule has 0 aliphatic carbocycles. The van der Waals surface area contributed by atoms with Gasteiger partial charge in [-0.05, 0) is 44.1 Å². The van der Waals surface area contributed by atoms with Crippen LogP contribution >= 0.6 is 15.9 Å². The van der Waals surface area contributed by atoms with Crippen LogP contribution in [0.4, 0.5) is 0 Å². The predicted molar refractivity (Wildman–Crippen MR) is 68.9 cm³/mol. The molecule has 3 rings (SSSR count). The second-order valence-electron chi connectivity index (χ2n) is 4.64. The molecule has 1 fully saturated rings. The van der Waals surface area contributed by atoms with E-state index < -0.39 is 0 Å². The van der Waals surface area contributed by atoms with Crippen molar-refractivity contribution in [2.45, 2.75) is 25.7 Å². The van der Waals surface area contributed by atoms with Gasteiger partial charge in [-0.15, -0.1) is 0 Å². The van der Waals surface area contributed by atoms with Crippen LogP contribution in [0.5, 0.6) is 5.75 Å². The summed E-state index contributed by atoms with van der Waals surface area (Å²) in [7, 11) is 0. The zero-order chi connectivity index (χ0) is 11.7. The van der Waals surface area contributed by atoms with Gasteiger partial charge in [-0.3, -0.25) is 0 Å². The maximum atomic E-state index is 5.96. The quantitative estimate of drug-likeness (QED) is 0.864. The van der Waals surface area contributed by atoms with Gasteiger partial charge in [0.2, 0.25) is 6.29 Å². The van der Waals surface area contributed by atoms with Crippen LogP contribution in [-0.2, 0) is 11.3 Å². The smallest absolute Gasteiger partial charge is 0.203 e. The molecule has 0 amide bonds. The number of fused-ring (bicyclic) bond motifs is 1. The Kier molecular flexibility index (Phi) is 3.36. The minimum atomic E-state index is -0.0641. The summed E-state index contributed by atoms with van der Waals surface area (Å²) in [6.07, 6.45) is 2.21. The number of benzene rings is 1. The molecule has 0 bridgehead atoms. The molecule has 0 saturated carbocycles. The van der Waals surface area contributed by atoms with Gasteiger partial charge < -0.3 is 14.8 Å². The lowest BCUT2D eigenvalue weighted by Crippen LogP contribution is -2.39. The Morgan fingerprint density at radius 2 is 2.06 bits per heavy atom. The van der Waals surface area contributed by atoms with Crippen LogP contribution in [0.3, 0.4) is 0 Å². The summed E-state index contributed by atoms with van der Waals surface area (Å²) in [5.74, 6) is 1.50. The summed E-state index contributed by atoms with van der Waals surface area (Å²) < 4.78 is 12.9. The second-order valence-corrected chi connectivity index (χ2v) is 5.55. The van der Waals surface area contributed by atoms with Gasteiger partial charge in [0, 0.05) is 16.0 Å². The van der Waals surface area contributed by atoms with E-state index in [2.05, 4.69) is 27.3 Å². The monoisotopic (exact) mass is 297 g/mol. The average Bonchev–Trinajstić information content (AvgIpc) is 2.39. The normalized spacial score (nSPS) is 25.1. The topological polar surface area (TPSA) is 30.5 Å². The third kappa shape index (κ3) is 2.49. The minimum absolute atomic E-state index is 0.0641. The van der Waals surface area contributed by atoms with E-state index in [1.165, 1.54) is 0 Å². The zero-order valence-electron chi connectivity index (χ0n) is 9.62. The maximum Gasteiger partial charge on any atom is 0.203 e. The lowest BCUT2D eigenvalue weighted by atomic mass is 9.97. The summed E-state index contributed by atoms with van der Waals surface area (Å²) >= 11 is 3.46. The molecule has 17 heavy (non-hydrogen) atoms. The SMILES string of the molecule is Brc1ccc2c(c1)COC(C1CCNCC1)O2. The molecule has 1 unspecified atom stereocenters. The number of nitrogens with one attached hydrogen (secondary N) is 1. The summed E-state index contributed by atoms with van der Waals surface area (Å²) in [5.41, 5.74) is 1.13. The van der Waals surface area contributed by atoms with Crippen molar-refractivity contribution in [1.29, 1.82) is 0 Å². The van der Waals surface area contributed by atoms with E-state index in [1.54, 1.807) is 0 Å². The van der Waals surface area contributed by atoms with E-state index in [4.69, 9.17) is 9.47 Å². The van der Waals surface area contributed by atoms with Crippen LogP contribution in [0.2, 0.25) is 0 Å². The number of halogens is 1. The standard InChI is InChI=1S/C13H16BrNO2/c14-11-1-2-12-10(7-11)8-16-13(17-12)9-3-5-15-6-4-9/h1-2,7,9,13,15H,3-6,8H2. The Balaban J connectivity index is 1.73. The molecule has 1 N–H and O–H groups in total. The van der Waals surface area contributed by atoms with Crippen LogP contribution in [0.1, 0.15) is 18.4 Å². The van der Waals surface area contributed by atoms with E-state index in [9.17, 15) is 0 Å². The lowest BCUT2D eigenvalue weighted by Gasteiger charge is -2.34. The highest BCUT2D eigenvalue weighted by Crippen LogP contribution is 2.32. The van der Waals surface area contributed by atoms with Gasteiger partial charge in [-0.25, -0.2) is 0 Å². The van der Waals surface area contributed by atoms with Crippen molar-refractivity contribution >= 4 is 15.9 Å². The first-order valence-electron chi connectivity index (χ1n) is 6.10. The molecule has 4 heteroatoms. The van der Waals surface area contributed by atoms with Crippen molar-refractivity contribution in [3.8, 4) is 5.75 Å². The van der Waals surface area contributed by atoms with Crippen LogP contribution in [0, 0.1) is 5.92 Å². The van der Waals surface area contributed by atoms with Gasteiger partial charge in [0.15, 0.2) is 0 Å². The van der Waals surface area contributed by atoms with E-state index in [1.807, 2.05) is 12.1 Å². The first-order chi connectivity index (χ1) is 8.33. The molecular formula is C13H16BrNO2. The Morgan fingerprint density at radius 1 is 1.24 bits per heavy atom. The Hall–Kier alpha value is -0.580. The van der Waals surface area contributed by atoms with E-state index in [0.29, 0.717) is 12.5 Å². The summed E-state index contributed by atoms with van der Waals surface area (Å²) in [5, 5.41) is 3.36. The number of hydrogen-bond acceptors (Lipinski definition) is 3. The molecule has 1 saturated heterocycles. The molecule has 1 aromatic rings. The predicted octanol–water partition coefficient (Wildman–Crippen LogP) is 2.68. The van der Waals surface area contributed by atoms with Gasteiger partial charge in [-0.2, -0.15) is 0 Å². The van der Waals surface area contributed by atoms with Crippen LogP contribution in [0.25, 0.3) is 0 Å². The van der Waals surface area contributed by atoms with Crippen LogP contribution < -0.4 is 10.1 Å². The highest BCUT2D eigenvalue weighted by atomic mass is 79.9. The first kappa shape index (κ1) is 11.5. The molecule has 1 aromatic carbocycles. The zero-order valence-corrected chi connectivity index (χ0v) is 11.2. The average molecular weight is 298 g/mol. The van der Waals surface area contributed by atoms with Gasteiger partial charge in [-0.1, -0.05) is 15.9 Å². The summed E-state index contributed by atoms with van der Waals surface area (Å²) in [6.45, 7) is 2.80. The van der Waals surface area contributed by atoms with Gasteiger partial charge >= 0.3 is 0 Å². The van der Waals surface area contributed by atoms with Crippen molar-refractivity contribution in [2.24, 2.45) is 5.92 Å². The van der Waals surface area contributed by atoms with Crippen LogP contribution in [0.15, 0.2) is 22.7 Å². The Morgan fingerprint density at radius 3 is 2.88 bits per heavy atom. The molecule has 0 radical (unpaired) electrons. The lowest BCUT2D eigenvalue weighted by molar-refractivity contribution is -0.145. The fraction of sp³-hybridized carbons (Fsp3) is 0.538. The number of hydrogen-bond donors (Lipinski definition) is 1. The van der Waals surface area contributed by atoms with Crippen molar-refractivity contribution < 1.29 is 9.47 Å². The number of rotatable bonds is 1. The van der Waals surface area contributed by atoms with Gasteiger partial charge in [0.1, 0.15) is 5.75 Å². The number of ether oxygens (including phenoxy) is 2. The molecule has 0 spiro atoms. The Labute approximate surface area is 110 Å². The van der Waals surface area contributed by atoms with E-state index in [-0.39, 0.29) is 6.29 Å². The summed E-state index contributed by atoms with van der Waals surface area (Å²) in [6, 6.07) is 6.10. The minimum Gasteiger partial charge on any atom is -0.464 e. The fourth-order valence-electron chi connectivity index (χ4n) is 2.46. The first-order valence-corrected chi connectivity index (χ1v) is 6.89. The van der Waals surface area contributed by atoms with Gasteiger partial charge in [0.05, 0.1) is 6.61 Å². The second kappa shape index (κ2) is 4.96. The molecule has 92 valence electrons. The molecule has 1 atom stereocenters. The van der Waals surface area contributed by atoms with Gasteiger partial charge in [0.25, 0.3) is 0 Å². The van der Waals surface area contributed by atoms with Crippen molar-refractivity contribution in [3.05, 3.63) is 28.2 Å². The Bertz CT molecular complexity index is 404. The third-order valence-electron chi connectivity index (χ3n) is 3.44. The highest BCUT2D eigenvalue weighted by Gasteiger charge is 2.29. The third-order valence-corrected chi connectivity index (χ3v) is 3.93. The van der Waals surface area contributed by atoms with E-state index in [0.717, 1.165) is 41.7 Å². The maximum absolute atomic E-state index is 5.96. The molecule has 0 aromatic heterocycles. The molecule has 2 aliphatic rings. The van der Waals surface area contributed by atoms with Crippen molar-refractivity contribution in [3.63, 3.8) is 0 Å². The number of piperidine rings is 1.